The van der Waals surface area contributed by atoms with E-state index in [9.17, 15) is 9.90 Å². The number of rotatable bonds is 2. The Bertz CT molecular complexity index is 617. The van der Waals surface area contributed by atoms with Crippen molar-refractivity contribution in [3.63, 3.8) is 0 Å². The fourth-order valence-corrected chi connectivity index (χ4v) is 2.67. The Balaban J connectivity index is 2.17. The Hall–Kier alpha value is -2.10. The van der Waals surface area contributed by atoms with Gasteiger partial charge in [0.15, 0.2) is 5.69 Å². The fraction of sp³-hybridized carbons (Fsp3) is 0.333. The van der Waals surface area contributed by atoms with Gasteiger partial charge in [-0.3, -0.25) is 0 Å². The SMILES string of the molecule is CC1CCn2c(nc(-c3ccccc3)c2C(=O)O)C1. The summed E-state index contributed by atoms with van der Waals surface area (Å²) in [6.45, 7) is 2.93. The van der Waals surface area contributed by atoms with Gasteiger partial charge in [-0.1, -0.05) is 37.3 Å². The molecular formula is C15H16N2O2. The molecule has 1 aliphatic rings. The molecule has 0 saturated carbocycles. The highest BCUT2D eigenvalue weighted by Gasteiger charge is 2.27. The molecule has 0 spiro atoms. The van der Waals surface area contributed by atoms with E-state index in [0.29, 0.717) is 17.3 Å². The van der Waals surface area contributed by atoms with Crippen molar-refractivity contribution in [2.45, 2.75) is 26.3 Å². The first-order valence-electron chi connectivity index (χ1n) is 6.55. The Kier molecular flexibility index (Phi) is 2.85. The van der Waals surface area contributed by atoms with Crippen molar-refractivity contribution in [3.8, 4) is 11.3 Å². The van der Waals surface area contributed by atoms with Gasteiger partial charge in [-0.2, -0.15) is 0 Å². The number of nitrogens with zero attached hydrogens (tertiary/aromatic N) is 2. The molecule has 4 nitrogen and oxygen atoms in total. The molecule has 1 aromatic heterocycles. The number of imidazole rings is 1. The van der Waals surface area contributed by atoms with Gasteiger partial charge in [0.1, 0.15) is 11.5 Å². The maximum atomic E-state index is 11.5. The predicted octanol–water partition coefficient (Wildman–Crippen LogP) is 2.83. The van der Waals surface area contributed by atoms with Crippen LogP contribution < -0.4 is 0 Å². The second kappa shape index (κ2) is 4.53. The fourth-order valence-electron chi connectivity index (χ4n) is 2.67. The number of carboxylic acids is 1. The molecule has 0 fully saturated rings. The van der Waals surface area contributed by atoms with Crippen molar-refractivity contribution in [2.75, 3.05) is 0 Å². The maximum Gasteiger partial charge on any atom is 0.354 e. The van der Waals surface area contributed by atoms with Crippen molar-refractivity contribution in [3.05, 3.63) is 41.9 Å². The lowest BCUT2D eigenvalue weighted by molar-refractivity contribution is 0.0684. The predicted molar refractivity (Wildman–Crippen MR) is 72.1 cm³/mol. The minimum Gasteiger partial charge on any atom is -0.477 e. The Morgan fingerprint density at radius 2 is 2.11 bits per heavy atom. The minimum absolute atomic E-state index is 0.327. The van der Waals surface area contributed by atoms with Gasteiger partial charge in [-0.15, -0.1) is 0 Å². The molecule has 1 aromatic carbocycles. The normalized spacial score (nSPS) is 18.1. The number of aromatic carboxylic acids is 1. The zero-order chi connectivity index (χ0) is 13.4. The summed E-state index contributed by atoms with van der Waals surface area (Å²) in [5, 5.41) is 9.48. The summed E-state index contributed by atoms with van der Waals surface area (Å²) in [6.07, 6.45) is 1.87. The highest BCUT2D eigenvalue weighted by atomic mass is 16.4. The van der Waals surface area contributed by atoms with Gasteiger partial charge in [0.2, 0.25) is 0 Å². The first-order valence-corrected chi connectivity index (χ1v) is 6.55. The molecule has 4 heteroatoms. The van der Waals surface area contributed by atoms with Crippen LogP contribution in [0, 0.1) is 5.92 Å². The van der Waals surface area contributed by atoms with Crippen molar-refractivity contribution < 1.29 is 9.90 Å². The highest BCUT2D eigenvalue weighted by molar-refractivity contribution is 5.93. The average Bonchev–Trinajstić information content (AvgIpc) is 2.78. The molecule has 0 radical (unpaired) electrons. The van der Waals surface area contributed by atoms with E-state index < -0.39 is 5.97 Å². The molecule has 0 bridgehead atoms. The van der Waals surface area contributed by atoms with Gasteiger partial charge in [0.05, 0.1) is 0 Å². The maximum absolute atomic E-state index is 11.5. The molecule has 3 rings (SSSR count). The van der Waals surface area contributed by atoms with Crippen LogP contribution >= 0.6 is 0 Å². The number of carboxylic acid groups (broad SMARTS) is 1. The molecule has 1 atom stereocenters. The number of hydrogen-bond acceptors (Lipinski definition) is 2. The number of hydrogen-bond donors (Lipinski definition) is 1. The summed E-state index contributed by atoms with van der Waals surface area (Å²) >= 11 is 0. The number of benzene rings is 1. The smallest absolute Gasteiger partial charge is 0.354 e. The molecule has 98 valence electrons. The van der Waals surface area contributed by atoms with Crippen molar-refractivity contribution in [2.24, 2.45) is 5.92 Å². The third-order valence-corrected chi connectivity index (χ3v) is 3.67. The second-order valence-corrected chi connectivity index (χ2v) is 5.15. The Labute approximate surface area is 111 Å². The van der Waals surface area contributed by atoms with Crippen molar-refractivity contribution in [1.82, 2.24) is 9.55 Å². The van der Waals surface area contributed by atoms with E-state index in [1.54, 1.807) is 0 Å². The molecule has 1 aliphatic heterocycles. The lowest BCUT2D eigenvalue weighted by atomic mass is 10.0. The molecule has 2 aromatic rings. The molecule has 0 amide bonds. The average molecular weight is 256 g/mol. The summed E-state index contributed by atoms with van der Waals surface area (Å²) in [7, 11) is 0. The van der Waals surface area contributed by atoms with Gasteiger partial charge in [-0.25, -0.2) is 9.78 Å². The van der Waals surface area contributed by atoms with Crippen LogP contribution in [0.3, 0.4) is 0 Å². The van der Waals surface area contributed by atoms with Crippen LogP contribution in [0.5, 0.6) is 0 Å². The molecule has 1 unspecified atom stereocenters. The summed E-state index contributed by atoms with van der Waals surface area (Å²) in [5.41, 5.74) is 1.79. The lowest BCUT2D eigenvalue weighted by Gasteiger charge is -2.20. The first kappa shape index (κ1) is 12.0. The quantitative estimate of drug-likeness (QED) is 0.898. The molecular weight excluding hydrogens is 240 g/mol. The van der Waals surface area contributed by atoms with Crippen LogP contribution in [0.1, 0.15) is 29.7 Å². The molecule has 1 N–H and O–H groups in total. The van der Waals surface area contributed by atoms with E-state index in [0.717, 1.165) is 30.8 Å². The number of aromatic nitrogens is 2. The number of carbonyl (C=O) groups is 1. The van der Waals surface area contributed by atoms with Gasteiger partial charge in [0.25, 0.3) is 0 Å². The standard InChI is InChI=1S/C15H16N2O2/c1-10-7-8-17-12(9-10)16-13(14(17)15(18)19)11-5-3-2-4-6-11/h2-6,10H,7-9H2,1H3,(H,18,19). The topological polar surface area (TPSA) is 55.1 Å². The minimum atomic E-state index is -0.896. The van der Waals surface area contributed by atoms with Crippen LogP contribution in [0.15, 0.2) is 30.3 Å². The van der Waals surface area contributed by atoms with E-state index in [-0.39, 0.29) is 0 Å². The van der Waals surface area contributed by atoms with E-state index in [1.165, 1.54) is 0 Å². The lowest BCUT2D eigenvalue weighted by Crippen LogP contribution is -2.20. The summed E-state index contributed by atoms with van der Waals surface area (Å²) in [4.78, 5) is 16.1. The van der Waals surface area contributed by atoms with Crippen LogP contribution in [0.4, 0.5) is 0 Å². The van der Waals surface area contributed by atoms with Gasteiger partial charge >= 0.3 is 5.97 Å². The van der Waals surface area contributed by atoms with E-state index in [4.69, 9.17) is 0 Å². The van der Waals surface area contributed by atoms with E-state index in [1.807, 2.05) is 34.9 Å². The molecule has 2 heterocycles. The molecule has 0 aliphatic carbocycles. The van der Waals surface area contributed by atoms with Gasteiger partial charge in [-0.05, 0) is 12.3 Å². The van der Waals surface area contributed by atoms with Crippen LogP contribution in [0.2, 0.25) is 0 Å². The summed E-state index contributed by atoms with van der Waals surface area (Å²) in [5.74, 6) is 0.572. The summed E-state index contributed by atoms with van der Waals surface area (Å²) < 4.78 is 1.87. The first-order chi connectivity index (χ1) is 9.16. The van der Waals surface area contributed by atoms with Crippen LogP contribution in [0.25, 0.3) is 11.3 Å². The third-order valence-electron chi connectivity index (χ3n) is 3.67. The second-order valence-electron chi connectivity index (χ2n) is 5.15. The largest absolute Gasteiger partial charge is 0.477 e. The monoisotopic (exact) mass is 256 g/mol. The third kappa shape index (κ3) is 2.03. The highest BCUT2D eigenvalue weighted by Crippen LogP contribution is 2.29. The molecule has 0 saturated heterocycles. The van der Waals surface area contributed by atoms with Crippen LogP contribution in [-0.4, -0.2) is 20.6 Å². The van der Waals surface area contributed by atoms with E-state index >= 15 is 0 Å². The van der Waals surface area contributed by atoms with Crippen molar-refractivity contribution >= 4 is 5.97 Å². The van der Waals surface area contributed by atoms with Gasteiger partial charge < -0.3 is 9.67 Å². The zero-order valence-corrected chi connectivity index (χ0v) is 10.8. The summed E-state index contributed by atoms with van der Waals surface area (Å²) in [6, 6.07) is 9.54. The molecule has 19 heavy (non-hydrogen) atoms. The Morgan fingerprint density at radius 3 is 2.79 bits per heavy atom. The van der Waals surface area contributed by atoms with Crippen molar-refractivity contribution in [1.29, 1.82) is 0 Å². The van der Waals surface area contributed by atoms with Crippen LogP contribution in [-0.2, 0) is 13.0 Å². The zero-order valence-electron chi connectivity index (χ0n) is 10.8. The van der Waals surface area contributed by atoms with E-state index in [2.05, 4.69) is 11.9 Å². The Morgan fingerprint density at radius 1 is 1.37 bits per heavy atom. The number of fused-ring (bicyclic) bond motifs is 1. The van der Waals surface area contributed by atoms with Gasteiger partial charge in [0, 0.05) is 18.5 Å².